The number of carbonyl (C=O) groups is 1. The Bertz CT molecular complexity index is 786. The Labute approximate surface area is 168 Å². The Morgan fingerprint density at radius 3 is 2.18 bits per heavy atom. The highest BCUT2D eigenvalue weighted by molar-refractivity contribution is 5.89. The molecule has 4 heteroatoms. The van der Waals surface area contributed by atoms with Crippen molar-refractivity contribution in [3.05, 3.63) is 71.8 Å². The van der Waals surface area contributed by atoms with E-state index in [9.17, 15) is 4.79 Å². The number of rotatable bonds is 5. The van der Waals surface area contributed by atoms with Crippen LogP contribution in [0.4, 0.5) is 0 Å². The van der Waals surface area contributed by atoms with Crippen molar-refractivity contribution in [1.29, 1.82) is 0 Å². The molecule has 1 fully saturated rings. The topological polar surface area (TPSA) is 38.8 Å². The summed E-state index contributed by atoms with van der Waals surface area (Å²) in [5.41, 5.74) is 1.27. The molecule has 2 aromatic carbocycles. The molecule has 0 aromatic heterocycles. The number of esters is 1. The summed E-state index contributed by atoms with van der Waals surface area (Å²) < 4.78 is 12.4. The van der Waals surface area contributed by atoms with Crippen LogP contribution in [0, 0.1) is 0 Å². The zero-order chi connectivity index (χ0) is 20.4. The minimum atomic E-state index is -0.322. The third kappa shape index (κ3) is 4.29. The van der Waals surface area contributed by atoms with Gasteiger partial charge in [0.1, 0.15) is 12.2 Å². The summed E-state index contributed by atoms with van der Waals surface area (Å²) in [5.74, 6) is -0.296. The van der Waals surface area contributed by atoms with E-state index in [-0.39, 0.29) is 29.3 Å². The van der Waals surface area contributed by atoms with E-state index in [1.165, 1.54) is 0 Å². The second kappa shape index (κ2) is 8.06. The van der Waals surface area contributed by atoms with Crippen molar-refractivity contribution in [3.8, 4) is 0 Å². The van der Waals surface area contributed by atoms with Gasteiger partial charge >= 0.3 is 5.97 Å². The first-order chi connectivity index (χ1) is 13.2. The molecular weight excluding hydrogens is 350 g/mol. The van der Waals surface area contributed by atoms with Gasteiger partial charge in [-0.25, -0.2) is 4.79 Å². The maximum atomic E-state index is 12.7. The zero-order valence-corrected chi connectivity index (χ0v) is 17.5. The largest absolute Gasteiger partial charge is 0.456 e. The molecule has 0 N–H and O–H groups in total. The van der Waals surface area contributed by atoms with Crippen LogP contribution in [-0.4, -0.2) is 41.2 Å². The van der Waals surface area contributed by atoms with Crippen molar-refractivity contribution < 1.29 is 14.3 Å². The number of benzene rings is 2. The van der Waals surface area contributed by atoms with Crippen LogP contribution in [0.2, 0.25) is 0 Å². The highest BCUT2D eigenvalue weighted by atomic mass is 16.6. The lowest BCUT2D eigenvalue weighted by Crippen LogP contribution is -2.68. The minimum absolute atomic E-state index is 0.113. The second-order valence-electron chi connectivity index (χ2n) is 8.76. The van der Waals surface area contributed by atoms with E-state index in [4.69, 9.17) is 9.47 Å². The van der Waals surface area contributed by atoms with Crippen LogP contribution >= 0.6 is 0 Å². The molecule has 0 aliphatic carbocycles. The first kappa shape index (κ1) is 20.6. The van der Waals surface area contributed by atoms with Crippen molar-refractivity contribution >= 4 is 5.97 Å². The van der Waals surface area contributed by atoms with E-state index < -0.39 is 0 Å². The standard InChI is InChI=1S/C24H31NO3/c1-23(2)16-20(28-22(26)19-14-10-7-11-15-19)21(24(3,4)25(23)5)27-17-18-12-8-6-9-13-18/h6-15,20-21H,16-17H2,1-5H3. The van der Waals surface area contributed by atoms with E-state index in [0.717, 1.165) is 5.56 Å². The van der Waals surface area contributed by atoms with E-state index in [1.54, 1.807) is 12.1 Å². The van der Waals surface area contributed by atoms with Crippen LogP contribution in [0.15, 0.2) is 60.7 Å². The smallest absolute Gasteiger partial charge is 0.338 e. The van der Waals surface area contributed by atoms with Gasteiger partial charge in [0.15, 0.2) is 0 Å². The number of hydrogen-bond acceptors (Lipinski definition) is 4. The van der Waals surface area contributed by atoms with Crippen LogP contribution < -0.4 is 0 Å². The normalized spacial score (nSPS) is 23.9. The Kier molecular flexibility index (Phi) is 5.92. The third-order valence-electron chi connectivity index (χ3n) is 6.05. The number of piperidine rings is 1. The molecule has 2 unspecified atom stereocenters. The summed E-state index contributed by atoms with van der Waals surface area (Å²) in [4.78, 5) is 15.1. The molecule has 2 aromatic rings. The second-order valence-corrected chi connectivity index (χ2v) is 8.76. The first-order valence-electron chi connectivity index (χ1n) is 9.87. The van der Waals surface area contributed by atoms with Gasteiger partial charge in [-0.15, -0.1) is 0 Å². The maximum Gasteiger partial charge on any atom is 0.338 e. The fraction of sp³-hybridized carbons (Fsp3) is 0.458. The van der Waals surface area contributed by atoms with Gasteiger partial charge in [-0.2, -0.15) is 0 Å². The van der Waals surface area contributed by atoms with Gasteiger partial charge in [0, 0.05) is 17.5 Å². The van der Waals surface area contributed by atoms with Crippen LogP contribution in [0.5, 0.6) is 0 Å². The van der Waals surface area contributed by atoms with Crippen molar-refractivity contribution in [2.24, 2.45) is 0 Å². The minimum Gasteiger partial charge on any atom is -0.456 e. The predicted octanol–water partition coefficient (Wildman–Crippen LogP) is 4.69. The van der Waals surface area contributed by atoms with Gasteiger partial charge in [0.25, 0.3) is 0 Å². The van der Waals surface area contributed by atoms with E-state index in [2.05, 4.69) is 51.8 Å². The molecule has 2 atom stereocenters. The number of ether oxygens (including phenoxy) is 2. The molecule has 0 bridgehead atoms. The molecule has 4 nitrogen and oxygen atoms in total. The molecule has 0 amide bonds. The van der Waals surface area contributed by atoms with E-state index in [0.29, 0.717) is 18.6 Å². The van der Waals surface area contributed by atoms with Crippen LogP contribution in [0.3, 0.4) is 0 Å². The average Bonchev–Trinajstić information content (AvgIpc) is 2.67. The summed E-state index contributed by atoms with van der Waals surface area (Å²) in [6, 6.07) is 19.3. The van der Waals surface area contributed by atoms with E-state index >= 15 is 0 Å². The highest BCUT2D eigenvalue weighted by Gasteiger charge is 2.52. The summed E-state index contributed by atoms with van der Waals surface area (Å²) in [6.45, 7) is 9.18. The summed E-state index contributed by atoms with van der Waals surface area (Å²) >= 11 is 0. The summed E-state index contributed by atoms with van der Waals surface area (Å²) in [7, 11) is 2.12. The Hall–Kier alpha value is -2.17. The van der Waals surface area contributed by atoms with Gasteiger partial charge < -0.3 is 9.47 Å². The third-order valence-corrected chi connectivity index (χ3v) is 6.05. The number of likely N-dealkylation sites (N-methyl/N-ethyl adjacent to an activating group) is 1. The van der Waals surface area contributed by atoms with Crippen LogP contribution in [0.1, 0.15) is 50.0 Å². The molecule has 1 aliphatic rings. The van der Waals surface area contributed by atoms with Gasteiger partial charge in [0.2, 0.25) is 0 Å². The SMILES string of the molecule is CN1C(C)(C)CC(OC(=O)c2ccccc2)C(OCc2ccccc2)C1(C)C. The van der Waals surface area contributed by atoms with Crippen molar-refractivity contribution in [3.63, 3.8) is 0 Å². The molecule has 3 rings (SSSR count). The molecular formula is C24H31NO3. The van der Waals surface area contributed by atoms with Gasteiger partial charge in [-0.3, -0.25) is 4.90 Å². The molecule has 150 valence electrons. The van der Waals surface area contributed by atoms with Crippen LogP contribution in [0.25, 0.3) is 0 Å². The lowest BCUT2D eigenvalue weighted by molar-refractivity contribution is -0.180. The first-order valence-corrected chi connectivity index (χ1v) is 9.87. The van der Waals surface area contributed by atoms with E-state index in [1.807, 2.05) is 36.4 Å². The number of nitrogens with zero attached hydrogens (tertiary/aromatic N) is 1. The molecule has 1 heterocycles. The average molecular weight is 382 g/mol. The lowest BCUT2D eigenvalue weighted by Gasteiger charge is -2.56. The maximum absolute atomic E-state index is 12.7. The molecule has 28 heavy (non-hydrogen) atoms. The Balaban J connectivity index is 1.83. The van der Waals surface area contributed by atoms with Gasteiger partial charge in [-0.05, 0) is 52.4 Å². The molecule has 0 radical (unpaired) electrons. The highest BCUT2D eigenvalue weighted by Crippen LogP contribution is 2.40. The van der Waals surface area contributed by atoms with Crippen molar-refractivity contribution in [1.82, 2.24) is 4.90 Å². The number of hydrogen-bond donors (Lipinski definition) is 0. The number of carbonyl (C=O) groups excluding carboxylic acids is 1. The Morgan fingerprint density at radius 1 is 1.00 bits per heavy atom. The molecule has 1 aliphatic heterocycles. The summed E-state index contributed by atoms with van der Waals surface area (Å²) in [6.07, 6.45) is 0.154. The zero-order valence-electron chi connectivity index (χ0n) is 17.5. The predicted molar refractivity (Wildman–Crippen MR) is 111 cm³/mol. The quantitative estimate of drug-likeness (QED) is 0.705. The van der Waals surface area contributed by atoms with Crippen LogP contribution in [-0.2, 0) is 16.1 Å². The van der Waals surface area contributed by atoms with Crippen molar-refractivity contribution in [2.75, 3.05) is 7.05 Å². The monoisotopic (exact) mass is 381 g/mol. The van der Waals surface area contributed by atoms with Crippen molar-refractivity contribution in [2.45, 2.75) is 64.0 Å². The molecule has 0 spiro atoms. The Morgan fingerprint density at radius 2 is 1.57 bits per heavy atom. The fourth-order valence-corrected chi connectivity index (χ4v) is 4.12. The van der Waals surface area contributed by atoms with Gasteiger partial charge in [-0.1, -0.05) is 48.5 Å². The number of likely N-dealkylation sites (tertiary alicyclic amines) is 1. The lowest BCUT2D eigenvalue weighted by atomic mass is 9.76. The molecule has 1 saturated heterocycles. The van der Waals surface area contributed by atoms with Gasteiger partial charge in [0.05, 0.1) is 12.2 Å². The summed E-state index contributed by atoms with van der Waals surface area (Å²) in [5, 5.41) is 0. The molecule has 0 saturated carbocycles. The fourth-order valence-electron chi connectivity index (χ4n) is 4.12.